The normalized spacial score (nSPS) is 18.3. The Morgan fingerprint density at radius 3 is 1.95 bits per heavy atom. The molecule has 0 bridgehead atoms. The van der Waals surface area contributed by atoms with Gasteiger partial charge in [0.15, 0.2) is 0 Å². The number of hydrogen-bond donors (Lipinski definition) is 0. The number of hydrogen-bond acceptors (Lipinski definition) is 0. The summed E-state index contributed by atoms with van der Waals surface area (Å²) in [5.74, 6) is 3.49. The quantitative estimate of drug-likeness (QED) is 0.323. The van der Waals surface area contributed by atoms with Gasteiger partial charge < -0.3 is 0 Å². The lowest BCUT2D eigenvalue weighted by Gasteiger charge is -2.42. The van der Waals surface area contributed by atoms with Crippen LogP contribution in [0.3, 0.4) is 0 Å². The lowest BCUT2D eigenvalue weighted by Crippen LogP contribution is -2.34. The van der Waals surface area contributed by atoms with Crippen LogP contribution >= 0.6 is 0 Å². The summed E-state index contributed by atoms with van der Waals surface area (Å²) >= 11 is 0. The summed E-state index contributed by atoms with van der Waals surface area (Å²) in [6, 6.07) is 0. The predicted octanol–water partition coefficient (Wildman–Crippen LogP) is 7.72. The topological polar surface area (TPSA) is 0 Å². The number of rotatable bonds is 12. The molecule has 0 spiro atoms. The largest absolute Gasteiger partial charge is 0.0654 e. The molecule has 0 aromatic rings. The van der Waals surface area contributed by atoms with Crippen LogP contribution in [0.1, 0.15) is 107 Å². The van der Waals surface area contributed by atoms with Crippen LogP contribution in [0, 0.1) is 29.1 Å². The first-order chi connectivity index (χ1) is 9.80. The van der Waals surface area contributed by atoms with Gasteiger partial charge in [0.05, 0.1) is 0 Å². The maximum absolute atomic E-state index is 2.54. The number of unbranched alkanes of at least 4 members (excludes halogenated alkanes) is 2. The zero-order valence-electron chi connectivity index (χ0n) is 16.5. The Morgan fingerprint density at radius 2 is 1.48 bits per heavy atom. The van der Waals surface area contributed by atoms with Gasteiger partial charge in [0.1, 0.15) is 0 Å². The Bertz CT molecular complexity index is 240. The summed E-state index contributed by atoms with van der Waals surface area (Å²) in [7, 11) is 0. The van der Waals surface area contributed by atoms with Gasteiger partial charge in [-0.25, -0.2) is 0 Å². The van der Waals surface area contributed by atoms with Crippen molar-refractivity contribution in [2.24, 2.45) is 29.1 Å². The van der Waals surface area contributed by atoms with Crippen molar-refractivity contribution in [2.45, 2.75) is 107 Å². The summed E-state index contributed by atoms with van der Waals surface area (Å²) in [6.07, 6.45) is 11.0. The van der Waals surface area contributed by atoms with E-state index in [2.05, 4.69) is 55.4 Å². The Labute approximate surface area is 136 Å². The van der Waals surface area contributed by atoms with Gasteiger partial charge in [0, 0.05) is 0 Å². The molecular weight excluding hydrogens is 252 g/mol. The second kappa shape index (κ2) is 10.7. The van der Waals surface area contributed by atoms with Crippen molar-refractivity contribution in [3.05, 3.63) is 0 Å². The van der Waals surface area contributed by atoms with Gasteiger partial charge in [0.25, 0.3) is 0 Å². The lowest BCUT2D eigenvalue weighted by atomic mass is 9.63. The highest BCUT2D eigenvalue weighted by Crippen LogP contribution is 2.44. The monoisotopic (exact) mass is 296 g/mol. The zero-order valence-corrected chi connectivity index (χ0v) is 16.5. The van der Waals surface area contributed by atoms with Crippen molar-refractivity contribution in [1.82, 2.24) is 0 Å². The molecule has 4 atom stereocenters. The van der Waals surface area contributed by atoms with E-state index < -0.39 is 0 Å². The van der Waals surface area contributed by atoms with Crippen molar-refractivity contribution in [3.8, 4) is 0 Å². The average Bonchev–Trinajstić information content (AvgIpc) is 2.43. The first kappa shape index (κ1) is 21.0. The highest BCUT2D eigenvalue weighted by Gasteiger charge is 2.35. The Hall–Kier alpha value is 0. The second-order valence-electron chi connectivity index (χ2n) is 8.43. The van der Waals surface area contributed by atoms with E-state index in [0.29, 0.717) is 5.41 Å². The second-order valence-corrected chi connectivity index (χ2v) is 8.43. The van der Waals surface area contributed by atoms with E-state index in [9.17, 15) is 0 Å². The minimum absolute atomic E-state index is 0.497. The third-order valence-corrected chi connectivity index (χ3v) is 6.05. The molecular formula is C21H44. The maximum atomic E-state index is 2.54. The van der Waals surface area contributed by atoms with Crippen molar-refractivity contribution in [2.75, 3.05) is 0 Å². The average molecular weight is 297 g/mol. The Balaban J connectivity index is 4.83. The van der Waals surface area contributed by atoms with Gasteiger partial charge in [-0.1, -0.05) is 93.9 Å². The molecule has 0 saturated carbocycles. The molecule has 0 aliphatic rings. The molecule has 0 aromatic heterocycles. The smallest absolute Gasteiger partial charge is 0.0323 e. The highest BCUT2D eigenvalue weighted by molar-refractivity contribution is 4.85. The van der Waals surface area contributed by atoms with Gasteiger partial charge in [-0.15, -0.1) is 0 Å². The summed E-state index contributed by atoms with van der Waals surface area (Å²) in [5.41, 5.74) is 0.497. The molecule has 0 aliphatic carbocycles. The molecule has 21 heavy (non-hydrogen) atoms. The third kappa shape index (κ3) is 7.71. The minimum Gasteiger partial charge on any atom is -0.0654 e. The van der Waals surface area contributed by atoms with Crippen molar-refractivity contribution in [3.63, 3.8) is 0 Å². The van der Waals surface area contributed by atoms with E-state index in [1.165, 1.54) is 51.4 Å². The van der Waals surface area contributed by atoms with Crippen LogP contribution in [0.5, 0.6) is 0 Å². The summed E-state index contributed by atoms with van der Waals surface area (Å²) in [4.78, 5) is 0. The molecule has 0 radical (unpaired) electrons. The van der Waals surface area contributed by atoms with Crippen molar-refractivity contribution in [1.29, 1.82) is 0 Å². The van der Waals surface area contributed by atoms with Gasteiger partial charge in [-0.05, 0) is 41.9 Å². The molecule has 0 aliphatic heterocycles. The SMILES string of the molecule is CCCCCC(C)C(C)C(CC(C)CC)C(C)(C)CCC. The van der Waals surface area contributed by atoms with Crippen LogP contribution in [-0.4, -0.2) is 0 Å². The fourth-order valence-corrected chi connectivity index (χ4v) is 4.05. The maximum Gasteiger partial charge on any atom is -0.0323 e. The fraction of sp³-hybridized carbons (Fsp3) is 1.00. The van der Waals surface area contributed by atoms with E-state index in [1.807, 2.05) is 0 Å². The van der Waals surface area contributed by atoms with Crippen LogP contribution in [0.25, 0.3) is 0 Å². The Kier molecular flexibility index (Phi) is 10.7. The predicted molar refractivity (Wildman–Crippen MR) is 98.7 cm³/mol. The Morgan fingerprint density at radius 1 is 0.857 bits per heavy atom. The molecule has 0 aromatic carbocycles. The highest BCUT2D eigenvalue weighted by atomic mass is 14.4. The van der Waals surface area contributed by atoms with E-state index in [-0.39, 0.29) is 0 Å². The van der Waals surface area contributed by atoms with Crippen LogP contribution in [0.4, 0.5) is 0 Å². The van der Waals surface area contributed by atoms with Crippen molar-refractivity contribution < 1.29 is 0 Å². The fourth-order valence-electron chi connectivity index (χ4n) is 4.05. The van der Waals surface area contributed by atoms with Gasteiger partial charge in [-0.2, -0.15) is 0 Å². The van der Waals surface area contributed by atoms with Crippen molar-refractivity contribution >= 4 is 0 Å². The van der Waals surface area contributed by atoms with Crippen LogP contribution in [0.15, 0.2) is 0 Å². The van der Waals surface area contributed by atoms with Gasteiger partial charge >= 0.3 is 0 Å². The van der Waals surface area contributed by atoms with E-state index in [4.69, 9.17) is 0 Å². The lowest BCUT2D eigenvalue weighted by molar-refractivity contribution is 0.0751. The zero-order chi connectivity index (χ0) is 16.5. The van der Waals surface area contributed by atoms with Crippen LogP contribution < -0.4 is 0 Å². The molecule has 0 nitrogen and oxygen atoms in total. The first-order valence-corrected chi connectivity index (χ1v) is 9.80. The molecule has 0 N–H and O–H groups in total. The molecule has 4 unspecified atom stereocenters. The molecule has 128 valence electrons. The van der Waals surface area contributed by atoms with Crippen LogP contribution in [-0.2, 0) is 0 Å². The minimum atomic E-state index is 0.497. The van der Waals surface area contributed by atoms with E-state index >= 15 is 0 Å². The summed E-state index contributed by atoms with van der Waals surface area (Å²) < 4.78 is 0. The molecule has 0 fully saturated rings. The van der Waals surface area contributed by atoms with Gasteiger partial charge in [-0.3, -0.25) is 0 Å². The summed E-state index contributed by atoms with van der Waals surface area (Å²) in [6.45, 7) is 19.6. The van der Waals surface area contributed by atoms with Gasteiger partial charge in [0.2, 0.25) is 0 Å². The standard InChI is InChI=1S/C21H44/c1-9-12-13-14-18(5)19(6)20(16-17(4)11-3)21(7,8)15-10-2/h17-20H,9-16H2,1-8H3. The third-order valence-electron chi connectivity index (χ3n) is 6.05. The summed E-state index contributed by atoms with van der Waals surface area (Å²) in [5, 5.41) is 0. The van der Waals surface area contributed by atoms with Crippen LogP contribution in [0.2, 0.25) is 0 Å². The first-order valence-electron chi connectivity index (χ1n) is 9.80. The molecule has 0 heteroatoms. The molecule has 0 heterocycles. The molecule has 0 amide bonds. The molecule has 0 rings (SSSR count). The van der Waals surface area contributed by atoms with E-state index in [0.717, 1.165) is 23.7 Å². The van der Waals surface area contributed by atoms with E-state index in [1.54, 1.807) is 0 Å². The molecule has 0 saturated heterocycles.